The molecule has 7 rings (SSSR count). The first-order valence-electron chi connectivity index (χ1n) is 18.2. The Morgan fingerprint density at radius 3 is 2.55 bits per heavy atom. The zero-order chi connectivity index (χ0) is 36.0. The highest BCUT2D eigenvalue weighted by Crippen LogP contribution is 2.57. The summed E-state index contributed by atoms with van der Waals surface area (Å²) in [5.41, 5.74) is 0.903. The van der Waals surface area contributed by atoms with Crippen molar-refractivity contribution in [3.05, 3.63) is 83.2 Å². The molecular weight excluding hydrogens is 674 g/mol. The molecule has 0 spiro atoms. The van der Waals surface area contributed by atoms with Gasteiger partial charge < -0.3 is 9.64 Å². The van der Waals surface area contributed by atoms with Crippen molar-refractivity contribution >= 4 is 33.7 Å². The molecule has 5 aliphatic rings. The summed E-state index contributed by atoms with van der Waals surface area (Å²) < 4.78 is 47.9. The Hall–Kier alpha value is -4.06. The number of amides is 3. The molecule has 12 heteroatoms. The second-order valence-electron chi connectivity index (χ2n) is 15.4. The van der Waals surface area contributed by atoms with Crippen LogP contribution in [0.2, 0.25) is 0 Å². The quantitative estimate of drug-likeness (QED) is 0.386. The van der Waals surface area contributed by atoms with Gasteiger partial charge in [0.05, 0.1) is 29.3 Å². The zero-order valence-corrected chi connectivity index (χ0v) is 29.8. The fraction of sp³-hybridized carbons (Fsp3) is 0.538. The van der Waals surface area contributed by atoms with Gasteiger partial charge in [-0.3, -0.25) is 24.0 Å². The van der Waals surface area contributed by atoms with Gasteiger partial charge in [-0.25, -0.2) is 17.6 Å². The van der Waals surface area contributed by atoms with Crippen molar-refractivity contribution in [1.29, 1.82) is 0 Å². The van der Waals surface area contributed by atoms with Gasteiger partial charge in [0, 0.05) is 30.9 Å². The molecule has 3 aliphatic heterocycles. The first-order chi connectivity index (χ1) is 24.4. The number of halogens is 1. The third-order valence-corrected chi connectivity index (χ3v) is 13.9. The highest BCUT2D eigenvalue weighted by Gasteiger charge is 2.62. The van der Waals surface area contributed by atoms with E-state index < -0.39 is 50.2 Å². The number of hydrogen-bond acceptors (Lipinski definition) is 7. The van der Waals surface area contributed by atoms with Crippen LogP contribution in [-0.4, -0.2) is 65.3 Å². The van der Waals surface area contributed by atoms with Crippen molar-refractivity contribution in [2.75, 3.05) is 6.54 Å². The van der Waals surface area contributed by atoms with Gasteiger partial charge in [-0.15, -0.1) is 0 Å². The molecule has 2 saturated carbocycles. The molecule has 51 heavy (non-hydrogen) atoms. The monoisotopic (exact) mass is 719 g/mol. The van der Waals surface area contributed by atoms with Crippen LogP contribution < -0.4 is 4.72 Å². The summed E-state index contributed by atoms with van der Waals surface area (Å²) in [5.74, 6) is -2.34. The van der Waals surface area contributed by atoms with E-state index in [0.717, 1.165) is 31.2 Å². The van der Waals surface area contributed by atoms with Crippen LogP contribution in [0.25, 0.3) is 0 Å². The number of ketones is 1. The number of sulfonamides is 1. The van der Waals surface area contributed by atoms with Gasteiger partial charge in [-0.05, 0) is 75.0 Å². The van der Waals surface area contributed by atoms with E-state index in [4.69, 9.17) is 4.74 Å². The summed E-state index contributed by atoms with van der Waals surface area (Å²) >= 11 is 0. The first-order valence-corrected chi connectivity index (χ1v) is 19.7. The van der Waals surface area contributed by atoms with E-state index in [2.05, 4.69) is 4.72 Å². The van der Waals surface area contributed by atoms with Gasteiger partial charge in [0.2, 0.25) is 21.8 Å². The average molecular weight is 720 g/mol. The standard InChI is InChI=1S/C39H46FN3O7S/c1-38(17-18-38)51(48,49)41-36(46)39-21-29(39)15-9-4-2-3-8-13-27(19-26-11-6-5-7-12-26)35(45)43-24-30(20-33(43)34(44)22-39)50-37(47)42-23-28-14-10-16-32(40)31(28)25-42/h5-7,9-12,14-16,27,29-30,33H,2-4,8,13,17-25H2,1H3,(H,41,46)/b15-9-/t27-,29+,30-,33+,39-/m1/s1. The van der Waals surface area contributed by atoms with Crippen molar-refractivity contribution in [3.63, 3.8) is 0 Å². The number of rotatable bonds is 6. The minimum atomic E-state index is -3.93. The minimum Gasteiger partial charge on any atom is -0.444 e. The lowest BCUT2D eigenvalue weighted by Gasteiger charge is -2.29. The summed E-state index contributed by atoms with van der Waals surface area (Å²) in [7, 11) is -3.93. The van der Waals surface area contributed by atoms with E-state index in [0.29, 0.717) is 43.2 Å². The van der Waals surface area contributed by atoms with E-state index in [9.17, 15) is 32.0 Å². The Kier molecular flexibility index (Phi) is 9.58. The predicted octanol–water partition coefficient (Wildman–Crippen LogP) is 5.59. The van der Waals surface area contributed by atoms with E-state index in [1.807, 2.05) is 42.5 Å². The number of Topliss-reactive ketones (excluding diaryl/α,β-unsaturated/α-hetero) is 1. The molecule has 1 N–H and O–H groups in total. The van der Waals surface area contributed by atoms with Crippen LogP contribution in [0, 0.1) is 23.1 Å². The maximum atomic E-state index is 14.5. The summed E-state index contributed by atoms with van der Waals surface area (Å²) in [6, 6.07) is 13.5. The fourth-order valence-electron chi connectivity index (χ4n) is 8.05. The number of hydrogen-bond donors (Lipinski definition) is 1. The van der Waals surface area contributed by atoms with Crippen LogP contribution in [0.1, 0.15) is 87.8 Å². The Morgan fingerprint density at radius 1 is 1.02 bits per heavy atom. The summed E-state index contributed by atoms with van der Waals surface area (Å²) in [6.45, 7) is 1.87. The molecular formula is C39H46FN3O7S. The van der Waals surface area contributed by atoms with E-state index in [1.165, 1.54) is 15.9 Å². The van der Waals surface area contributed by atoms with Gasteiger partial charge in [0.25, 0.3) is 0 Å². The molecule has 5 atom stereocenters. The zero-order valence-electron chi connectivity index (χ0n) is 29.0. The third kappa shape index (κ3) is 7.21. The second-order valence-corrected chi connectivity index (χ2v) is 17.6. The average Bonchev–Trinajstić information content (AvgIpc) is 3.89. The van der Waals surface area contributed by atoms with Crippen molar-refractivity contribution in [2.24, 2.45) is 17.3 Å². The molecule has 272 valence electrons. The predicted molar refractivity (Wildman–Crippen MR) is 187 cm³/mol. The molecule has 3 heterocycles. The normalized spacial score (nSPS) is 29.5. The van der Waals surface area contributed by atoms with E-state index in [1.54, 1.807) is 19.1 Å². The summed E-state index contributed by atoms with van der Waals surface area (Å²) in [6.07, 6.45) is 8.11. The Balaban J connectivity index is 1.15. The minimum absolute atomic E-state index is 0.0106. The highest BCUT2D eigenvalue weighted by molar-refractivity contribution is 7.91. The van der Waals surface area contributed by atoms with E-state index in [-0.39, 0.29) is 55.9 Å². The highest BCUT2D eigenvalue weighted by atomic mass is 32.2. The Morgan fingerprint density at radius 2 is 1.80 bits per heavy atom. The number of allylic oxidation sites excluding steroid dienone is 2. The maximum absolute atomic E-state index is 14.5. The van der Waals surface area contributed by atoms with Crippen molar-refractivity contribution in [2.45, 2.75) is 108 Å². The molecule has 2 aliphatic carbocycles. The molecule has 10 nitrogen and oxygen atoms in total. The first kappa shape index (κ1) is 35.3. The van der Waals surface area contributed by atoms with E-state index >= 15 is 0 Å². The maximum Gasteiger partial charge on any atom is 0.410 e. The van der Waals surface area contributed by atoms with Gasteiger partial charge >= 0.3 is 6.09 Å². The molecule has 1 saturated heterocycles. The lowest BCUT2D eigenvalue weighted by Crippen LogP contribution is -2.47. The lowest BCUT2D eigenvalue weighted by atomic mass is 9.90. The summed E-state index contributed by atoms with van der Waals surface area (Å²) in [5, 5.41) is 0. The Labute approximate surface area is 298 Å². The van der Waals surface area contributed by atoms with Crippen LogP contribution in [0.15, 0.2) is 60.7 Å². The third-order valence-electron chi connectivity index (χ3n) is 11.7. The molecule has 2 aromatic rings. The van der Waals surface area contributed by atoms with Crippen LogP contribution in [0.4, 0.5) is 9.18 Å². The SMILES string of the molecule is CC1(S(=O)(=O)NC(=O)[C@]23CC(=O)[C@@H]4C[C@@H](OC(=O)N5Cc6cccc(F)c6C5)CN4C(=O)[C@@H](Cc4ccccc4)CCCCC/C=C\[C@H]2C3)CC1. The topological polar surface area (TPSA) is 130 Å². The lowest BCUT2D eigenvalue weighted by molar-refractivity contribution is -0.142. The fourth-order valence-corrected chi connectivity index (χ4v) is 9.38. The van der Waals surface area contributed by atoms with Crippen molar-refractivity contribution in [1.82, 2.24) is 14.5 Å². The van der Waals surface area contributed by atoms with Gasteiger partial charge in [0.15, 0.2) is 5.78 Å². The van der Waals surface area contributed by atoms with Crippen LogP contribution in [-0.2, 0) is 48.7 Å². The molecule has 0 unspecified atom stereocenters. The Bertz CT molecular complexity index is 1850. The number of nitrogens with zero attached hydrogens (tertiary/aromatic N) is 2. The smallest absolute Gasteiger partial charge is 0.410 e. The number of carbonyl (C=O) groups is 4. The number of fused-ring (bicyclic) bond motifs is 3. The number of ether oxygens (including phenoxy) is 1. The van der Waals surface area contributed by atoms with Crippen LogP contribution in [0.5, 0.6) is 0 Å². The number of benzene rings is 2. The second kappa shape index (κ2) is 13.8. The van der Waals surface area contributed by atoms with Crippen molar-refractivity contribution < 1.29 is 36.7 Å². The van der Waals surface area contributed by atoms with Gasteiger partial charge in [-0.2, -0.15) is 0 Å². The molecule has 2 aromatic carbocycles. The molecule has 0 radical (unpaired) electrons. The number of nitrogens with one attached hydrogen (secondary N) is 1. The van der Waals surface area contributed by atoms with Crippen LogP contribution in [0.3, 0.4) is 0 Å². The molecule has 0 aromatic heterocycles. The van der Waals surface area contributed by atoms with Crippen LogP contribution >= 0.6 is 0 Å². The summed E-state index contributed by atoms with van der Waals surface area (Å²) in [4.78, 5) is 59.1. The molecule has 0 bridgehead atoms. The largest absolute Gasteiger partial charge is 0.444 e. The number of carbonyl (C=O) groups excluding carboxylic acids is 4. The van der Waals surface area contributed by atoms with Crippen molar-refractivity contribution in [3.8, 4) is 0 Å². The molecule has 3 fully saturated rings. The molecule has 3 amide bonds. The van der Waals surface area contributed by atoms with Gasteiger partial charge in [0.1, 0.15) is 11.9 Å². The van der Waals surface area contributed by atoms with Gasteiger partial charge in [-0.1, -0.05) is 67.5 Å².